The molecule has 32 heavy (non-hydrogen) atoms. The van der Waals surface area contributed by atoms with Crippen molar-refractivity contribution in [3.05, 3.63) is 59.9 Å². The first-order valence-corrected chi connectivity index (χ1v) is 11.3. The van der Waals surface area contributed by atoms with E-state index in [0.29, 0.717) is 13.1 Å². The number of anilines is 2. The fraction of sp³-hybridized carbons (Fsp3) is 0.440. The molecule has 2 aliphatic heterocycles. The van der Waals surface area contributed by atoms with Crippen LogP contribution in [0.25, 0.3) is 0 Å². The zero-order valence-corrected chi connectivity index (χ0v) is 18.8. The van der Waals surface area contributed by atoms with Crippen LogP contribution in [0.4, 0.5) is 20.6 Å². The molecule has 6 nitrogen and oxygen atoms in total. The lowest BCUT2D eigenvalue weighted by molar-refractivity contribution is -0.129. The minimum atomic E-state index is -0.159. The van der Waals surface area contributed by atoms with Crippen LogP contribution < -0.4 is 10.2 Å². The molecule has 3 amide bonds. The summed E-state index contributed by atoms with van der Waals surface area (Å²) in [7, 11) is 1.86. The van der Waals surface area contributed by atoms with E-state index < -0.39 is 0 Å². The van der Waals surface area contributed by atoms with Gasteiger partial charge in [-0.25, -0.2) is 9.18 Å². The monoisotopic (exact) mass is 438 g/mol. The normalized spacial score (nSPS) is 19.2. The zero-order chi connectivity index (χ0) is 22.7. The molecule has 0 aromatic heterocycles. The van der Waals surface area contributed by atoms with E-state index in [1.165, 1.54) is 6.07 Å². The molecule has 1 unspecified atom stereocenters. The number of benzene rings is 2. The van der Waals surface area contributed by atoms with Crippen molar-refractivity contribution in [2.75, 3.05) is 43.4 Å². The van der Waals surface area contributed by atoms with E-state index in [-0.39, 0.29) is 29.7 Å². The van der Waals surface area contributed by atoms with Gasteiger partial charge < -0.3 is 20.0 Å². The number of likely N-dealkylation sites (N-methyl/N-ethyl adjacent to an activating group) is 1. The number of nitrogens with one attached hydrogen (secondary N) is 1. The number of halogens is 1. The number of carbonyl (C=O) groups excluding carboxylic acids is 2. The second-order valence-electron chi connectivity index (χ2n) is 8.78. The number of urea groups is 1. The molecule has 0 aliphatic carbocycles. The molecule has 2 fully saturated rings. The van der Waals surface area contributed by atoms with E-state index in [1.807, 2.05) is 48.3 Å². The van der Waals surface area contributed by atoms with Gasteiger partial charge in [0.2, 0.25) is 5.91 Å². The number of nitrogens with zero attached hydrogens (tertiary/aromatic N) is 3. The Labute approximate surface area is 189 Å². The maximum Gasteiger partial charge on any atom is 0.321 e. The maximum atomic E-state index is 14.0. The molecular formula is C25H31FN4O2. The smallest absolute Gasteiger partial charge is 0.321 e. The second-order valence-corrected chi connectivity index (χ2v) is 8.78. The average Bonchev–Trinajstić information content (AvgIpc) is 3.29. The maximum absolute atomic E-state index is 14.0. The van der Waals surface area contributed by atoms with Gasteiger partial charge in [-0.15, -0.1) is 0 Å². The van der Waals surface area contributed by atoms with Gasteiger partial charge in [-0.1, -0.05) is 18.2 Å². The van der Waals surface area contributed by atoms with Crippen LogP contribution in [0, 0.1) is 5.82 Å². The molecule has 2 aromatic rings. The molecule has 2 aromatic carbocycles. The highest BCUT2D eigenvalue weighted by Gasteiger charge is 2.28. The molecule has 0 spiro atoms. The van der Waals surface area contributed by atoms with Gasteiger partial charge in [-0.3, -0.25) is 4.79 Å². The van der Waals surface area contributed by atoms with Gasteiger partial charge in [0.15, 0.2) is 0 Å². The third-order valence-electron chi connectivity index (χ3n) is 6.82. The Hall–Kier alpha value is -3.09. The molecule has 2 heterocycles. The topological polar surface area (TPSA) is 55.9 Å². The van der Waals surface area contributed by atoms with Crippen molar-refractivity contribution in [2.24, 2.45) is 0 Å². The molecule has 4 rings (SSSR count). The van der Waals surface area contributed by atoms with Crippen LogP contribution in [0.2, 0.25) is 0 Å². The lowest BCUT2D eigenvalue weighted by Crippen LogP contribution is -2.40. The van der Waals surface area contributed by atoms with Gasteiger partial charge in [-0.05, 0) is 61.1 Å². The van der Waals surface area contributed by atoms with Crippen LogP contribution in [0.15, 0.2) is 48.5 Å². The minimum Gasteiger partial charge on any atom is -0.369 e. The van der Waals surface area contributed by atoms with Crippen LogP contribution in [0.5, 0.6) is 0 Å². The highest BCUT2D eigenvalue weighted by molar-refractivity contribution is 5.89. The fourth-order valence-electron chi connectivity index (χ4n) is 4.71. The SMILES string of the molecule is CC(=O)N(C)C1CCN(c2ccc(NC(=O)N3CCC(c4ccccc4F)CC3)cc2)C1. The molecule has 2 aliphatic rings. The standard InChI is InChI=1S/C25H31FN4O2/c1-18(31)28(2)22-13-16-30(17-22)21-9-7-20(8-10-21)27-25(32)29-14-11-19(12-15-29)23-5-3-4-6-24(23)26/h3-10,19,22H,11-17H2,1-2H3,(H,27,32). The number of likely N-dealkylation sites (tertiary alicyclic amines) is 1. The van der Waals surface area contributed by atoms with Crippen molar-refractivity contribution in [3.8, 4) is 0 Å². The van der Waals surface area contributed by atoms with Crippen molar-refractivity contribution in [2.45, 2.75) is 38.1 Å². The van der Waals surface area contributed by atoms with Crippen molar-refractivity contribution >= 4 is 23.3 Å². The molecule has 2 saturated heterocycles. The highest BCUT2D eigenvalue weighted by atomic mass is 19.1. The van der Waals surface area contributed by atoms with Gasteiger partial charge in [0.25, 0.3) is 0 Å². The Morgan fingerprint density at radius 3 is 2.34 bits per heavy atom. The molecule has 0 radical (unpaired) electrons. The van der Waals surface area contributed by atoms with Crippen LogP contribution in [0.1, 0.15) is 37.7 Å². The van der Waals surface area contributed by atoms with Crippen molar-refractivity contribution in [1.82, 2.24) is 9.80 Å². The van der Waals surface area contributed by atoms with E-state index in [0.717, 1.165) is 49.3 Å². The predicted molar refractivity (Wildman–Crippen MR) is 124 cm³/mol. The van der Waals surface area contributed by atoms with E-state index in [9.17, 15) is 14.0 Å². The van der Waals surface area contributed by atoms with E-state index in [1.54, 1.807) is 17.9 Å². The number of hydrogen-bond donors (Lipinski definition) is 1. The summed E-state index contributed by atoms with van der Waals surface area (Å²) in [6.07, 6.45) is 2.48. The predicted octanol–water partition coefficient (Wildman–Crippen LogP) is 4.29. The third-order valence-corrected chi connectivity index (χ3v) is 6.82. The van der Waals surface area contributed by atoms with Crippen LogP contribution in [-0.4, -0.2) is 61.0 Å². The van der Waals surface area contributed by atoms with Crippen LogP contribution >= 0.6 is 0 Å². The van der Waals surface area contributed by atoms with Crippen molar-refractivity contribution in [3.63, 3.8) is 0 Å². The Morgan fingerprint density at radius 1 is 1.00 bits per heavy atom. The van der Waals surface area contributed by atoms with E-state index in [2.05, 4.69) is 10.2 Å². The largest absolute Gasteiger partial charge is 0.369 e. The number of rotatable bonds is 4. The summed E-state index contributed by atoms with van der Waals surface area (Å²) in [5, 5.41) is 2.98. The van der Waals surface area contributed by atoms with E-state index in [4.69, 9.17) is 0 Å². The van der Waals surface area contributed by atoms with Gasteiger partial charge in [0, 0.05) is 51.5 Å². The third kappa shape index (κ3) is 4.87. The Morgan fingerprint density at radius 2 is 1.69 bits per heavy atom. The first-order chi connectivity index (χ1) is 15.4. The van der Waals surface area contributed by atoms with E-state index >= 15 is 0 Å². The molecule has 1 atom stereocenters. The molecule has 1 N–H and O–H groups in total. The fourth-order valence-corrected chi connectivity index (χ4v) is 4.71. The van der Waals surface area contributed by atoms with Gasteiger partial charge >= 0.3 is 6.03 Å². The summed E-state index contributed by atoms with van der Waals surface area (Å²) in [4.78, 5) is 30.2. The summed E-state index contributed by atoms with van der Waals surface area (Å²) in [6.45, 7) is 4.55. The minimum absolute atomic E-state index is 0.0906. The van der Waals surface area contributed by atoms with Gasteiger partial charge in [0.05, 0.1) is 6.04 Å². The number of hydrogen-bond acceptors (Lipinski definition) is 3. The number of amides is 3. The van der Waals surface area contributed by atoms with Crippen molar-refractivity contribution in [1.29, 1.82) is 0 Å². The summed E-state index contributed by atoms with van der Waals surface area (Å²) in [6, 6.07) is 14.9. The molecule has 7 heteroatoms. The first kappa shape index (κ1) is 22.1. The number of piperidine rings is 1. The molecule has 0 bridgehead atoms. The lowest BCUT2D eigenvalue weighted by Gasteiger charge is -2.32. The number of carbonyl (C=O) groups is 2. The zero-order valence-electron chi connectivity index (χ0n) is 18.8. The molecule has 170 valence electrons. The Kier molecular flexibility index (Phi) is 6.63. The van der Waals surface area contributed by atoms with Crippen molar-refractivity contribution < 1.29 is 14.0 Å². The molecule has 0 saturated carbocycles. The Balaban J connectivity index is 1.28. The summed E-state index contributed by atoms with van der Waals surface area (Å²) < 4.78 is 14.0. The van der Waals surface area contributed by atoms with Gasteiger partial charge in [-0.2, -0.15) is 0 Å². The summed E-state index contributed by atoms with van der Waals surface area (Å²) in [5.41, 5.74) is 2.60. The van der Waals surface area contributed by atoms with Gasteiger partial charge in [0.1, 0.15) is 5.82 Å². The average molecular weight is 439 g/mol. The molecular weight excluding hydrogens is 407 g/mol. The second kappa shape index (κ2) is 9.59. The first-order valence-electron chi connectivity index (χ1n) is 11.3. The lowest BCUT2D eigenvalue weighted by atomic mass is 9.89. The summed E-state index contributed by atoms with van der Waals surface area (Å²) in [5.74, 6) is 0.0893. The Bertz CT molecular complexity index is 957. The van der Waals surface area contributed by atoms with Crippen LogP contribution in [-0.2, 0) is 4.79 Å². The quantitative estimate of drug-likeness (QED) is 0.775. The summed E-state index contributed by atoms with van der Waals surface area (Å²) >= 11 is 0. The van der Waals surface area contributed by atoms with Crippen LogP contribution in [0.3, 0.4) is 0 Å². The highest BCUT2D eigenvalue weighted by Crippen LogP contribution is 2.30.